The molecule has 7 heteroatoms. The molecule has 122 valence electrons. The summed E-state index contributed by atoms with van der Waals surface area (Å²) < 4.78 is 23.2. The molecule has 0 spiro atoms. The van der Waals surface area contributed by atoms with Crippen molar-refractivity contribution in [3.8, 4) is 0 Å². The summed E-state index contributed by atoms with van der Waals surface area (Å²) in [4.78, 5) is 23.0. The maximum absolute atomic E-state index is 12.1. The molecule has 0 saturated carbocycles. The van der Waals surface area contributed by atoms with E-state index in [4.69, 9.17) is 5.11 Å². The number of amides is 1. The molecule has 1 amide bonds. The van der Waals surface area contributed by atoms with E-state index in [0.717, 1.165) is 31.6 Å². The van der Waals surface area contributed by atoms with Crippen LogP contribution in [0, 0.1) is 5.92 Å². The fraction of sp³-hybridized carbons (Fsp3) is 0.467. The predicted molar refractivity (Wildman–Crippen MR) is 83.8 cm³/mol. The lowest BCUT2D eigenvalue weighted by atomic mass is 10.0. The van der Waals surface area contributed by atoms with E-state index in [0.29, 0.717) is 0 Å². The van der Waals surface area contributed by atoms with E-state index in [-0.39, 0.29) is 28.0 Å². The SMILES string of the molecule is CCCCC(C)C(=O)Nc1cc(C(=O)O)cc(S(C)(=O)=O)c1. The lowest BCUT2D eigenvalue weighted by Gasteiger charge is -2.13. The molecule has 0 aliphatic rings. The van der Waals surface area contributed by atoms with Crippen molar-refractivity contribution in [3.05, 3.63) is 23.8 Å². The van der Waals surface area contributed by atoms with E-state index < -0.39 is 15.8 Å². The van der Waals surface area contributed by atoms with Gasteiger partial charge < -0.3 is 10.4 Å². The minimum atomic E-state index is -3.57. The standard InChI is InChI=1S/C15H21NO5S/c1-4-5-6-10(2)14(17)16-12-7-11(15(18)19)8-13(9-12)22(3,20)21/h7-10H,4-6H2,1-3H3,(H,16,17)(H,18,19). The Labute approximate surface area is 130 Å². The average molecular weight is 327 g/mol. The normalized spacial score (nSPS) is 12.7. The first-order chi connectivity index (χ1) is 10.1. The number of carboxylic acid groups (broad SMARTS) is 1. The highest BCUT2D eigenvalue weighted by Crippen LogP contribution is 2.20. The molecule has 6 nitrogen and oxygen atoms in total. The molecule has 1 unspecified atom stereocenters. The number of anilines is 1. The second-order valence-corrected chi connectivity index (χ2v) is 7.37. The molecule has 1 rings (SSSR count). The molecule has 0 bridgehead atoms. The highest BCUT2D eigenvalue weighted by Gasteiger charge is 2.17. The van der Waals surface area contributed by atoms with Crippen LogP contribution in [0.5, 0.6) is 0 Å². The molecule has 0 heterocycles. The summed E-state index contributed by atoms with van der Waals surface area (Å²) in [6.45, 7) is 3.81. The van der Waals surface area contributed by atoms with Gasteiger partial charge in [-0.3, -0.25) is 4.79 Å². The van der Waals surface area contributed by atoms with E-state index in [2.05, 4.69) is 5.32 Å². The minimum absolute atomic E-state index is 0.135. The molecular weight excluding hydrogens is 306 g/mol. The Morgan fingerprint density at radius 1 is 1.27 bits per heavy atom. The molecule has 2 N–H and O–H groups in total. The molecule has 0 aliphatic heterocycles. The van der Waals surface area contributed by atoms with Crippen LogP contribution < -0.4 is 5.32 Å². The molecule has 0 fully saturated rings. The van der Waals surface area contributed by atoms with Gasteiger partial charge in [-0.1, -0.05) is 26.7 Å². The third-order valence-corrected chi connectivity index (χ3v) is 4.38. The molecule has 0 aliphatic carbocycles. The van der Waals surface area contributed by atoms with Gasteiger partial charge in [0.15, 0.2) is 9.84 Å². The molecule has 1 aromatic rings. The number of rotatable bonds is 7. The van der Waals surface area contributed by atoms with Gasteiger partial charge >= 0.3 is 5.97 Å². The Hall–Kier alpha value is -1.89. The van der Waals surface area contributed by atoms with Crippen LogP contribution in [-0.4, -0.2) is 31.7 Å². The molecular formula is C15H21NO5S. The largest absolute Gasteiger partial charge is 0.478 e. The number of carbonyl (C=O) groups is 2. The molecule has 22 heavy (non-hydrogen) atoms. The quantitative estimate of drug-likeness (QED) is 0.801. The lowest BCUT2D eigenvalue weighted by Crippen LogP contribution is -2.20. The van der Waals surface area contributed by atoms with Crippen molar-refractivity contribution in [2.45, 2.75) is 38.0 Å². The zero-order valence-electron chi connectivity index (χ0n) is 12.9. The van der Waals surface area contributed by atoms with E-state index in [9.17, 15) is 18.0 Å². The Morgan fingerprint density at radius 2 is 1.91 bits per heavy atom. The lowest BCUT2D eigenvalue weighted by molar-refractivity contribution is -0.119. The van der Waals surface area contributed by atoms with Crippen LogP contribution in [-0.2, 0) is 14.6 Å². The van der Waals surface area contributed by atoms with Crippen molar-refractivity contribution in [3.63, 3.8) is 0 Å². The van der Waals surface area contributed by atoms with Gasteiger partial charge in [-0.2, -0.15) is 0 Å². The van der Waals surface area contributed by atoms with Crippen molar-refractivity contribution in [1.82, 2.24) is 0 Å². The molecule has 0 radical (unpaired) electrons. The van der Waals surface area contributed by atoms with Crippen molar-refractivity contribution >= 4 is 27.4 Å². The summed E-state index contributed by atoms with van der Waals surface area (Å²) in [5, 5.41) is 11.6. The predicted octanol–water partition coefficient (Wildman–Crippen LogP) is 2.55. The van der Waals surface area contributed by atoms with Gasteiger partial charge in [-0.25, -0.2) is 13.2 Å². The Kier molecular flexibility index (Phi) is 6.11. The van der Waals surface area contributed by atoms with Gasteiger partial charge in [0.1, 0.15) is 0 Å². The van der Waals surface area contributed by atoms with Gasteiger partial charge in [0.25, 0.3) is 0 Å². The van der Waals surface area contributed by atoms with Crippen molar-refractivity contribution < 1.29 is 23.1 Å². The fourth-order valence-corrected chi connectivity index (χ4v) is 2.60. The van der Waals surface area contributed by atoms with Gasteiger partial charge in [0, 0.05) is 17.9 Å². The van der Waals surface area contributed by atoms with Crippen LogP contribution in [0.1, 0.15) is 43.5 Å². The van der Waals surface area contributed by atoms with Crippen molar-refractivity contribution in [2.75, 3.05) is 11.6 Å². The summed E-state index contributed by atoms with van der Waals surface area (Å²) in [5.74, 6) is -1.73. The molecule has 0 saturated heterocycles. The number of nitrogens with one attached hydrogen (secondary N) is 1. The van der Waals surface area contributed by atoms with Gasteiger partial charge in [-0.05, 0) is 24.6 Å². The number of aromatic carboxylic acids is 1. The van der Waals surface area contributed by atoms with Gasteiger partial charge in [-0.15, -0.1) is 0 Å². The van der Waals surface area contributed by atoms with E-state index >= 15 is 0 Å². The zero-order valence-corrected chi connectivity index (χ0v) is 13.7. The maximum Gasteiger partial charge on any atom is 0.335 e. The number of carboxylic acids is 1. The van der Waals surface area contributed by atoms with Gasteiger partial charge in [0.05, 0.1) is 10.5 Å². The first kappa shape index (κ1) is 18.2. The third-order valence-electron chi connectivity index (χ3n) is 3.29. The Balaban J connectivity index is 3.06. The monoisotopic (exact) mass is 327 g/mol. The van der Waals surface area contributed by atoms with Crippen molar-refractivity contribution in [1.29, 1.82) is 0 Å². The average Bonchev–Trinajstić information content (AvgIpc) is 2.43. The number of unbranched alkanes of at least 4 members (excludes halogenated alkanes) is 1. The third kappa shape index (κ3) is 5.14. The second-order valence-electron chi connectivity index (χ2n) is 5.36. The summed E-state index contributed by atoms with van der Waals surface area (Å²) in [6, 6.07) is 3.60. The van der Waals surface area contributed by atoms with Crippen LogP contribution in [0.4, 0.5) is 5.69 Å². The van der Waals surface area contributed by atoms with Crippen molar-refractivity contribution in [2.24, 2.45) is 5.92 Å². The van der Waals surface area contributed by atoms with Crippen LogP contribution in [0.15, 0.2) is 23.1 Å². The van der Waals surface area contributed by atoms with Crippen LogP contribution in [0.25, 0.3) is 0 Å². The number of carbonyl (C=O) groups excluding carboxylic acids is 1. The second kappa shape index (κ2) is 7.40. The maximum atomic E-state index is 12.1. The summed E-state index contributed by atoms with van der Waals surface area (Å²) in [6.07, 6.45) is 3.60. The summed E-state index contributed by atoms with van der Waals surface area (Å²) >= 11 is 0. The Bertz CT molecular complexity index is 667. The number of benzene rings is 1. The highest BCUT2D eigenvalue weighted by molar-refractivity contribution is 7.90. The Morgan fingerprint density at radius 3 is 2.41 bits per heavy atom. The number of hydrogen-bond donors (Lipinski definition) is 2. The number of hydrogen-bond acceptors (Lipinski definition) is 4. The first-order valence-electron chi connectivity index (χ1n) is 7.04. The minimum Gasteiger partial charge on any atom is -0.478 e. The van der Waals surface area contributed by atoms with Gasteiger partial charge in [0.2, 0.25) is 5.91 Å². The topological polar surface area (TPSA) is 101 Å². The van der Waals surface area contributed by atoms with Crippen LogP contribution in [0.2, 0.25) is 0 Å². The fourth-order valence-electron chi connectivity index (χ4n) is 1.92. The summed E-state index contributed by atoms with van der Waals surface area (Å²) in [7, 11) is -3.57. The first-order valence-corrected chi connectivity index (χ1v) is 8.93. The van der Waals surface area contributed by atoms with E-state index in [1.165, 1.54) is 12.1 Å². The van der Waals surface area contributed by atoms with Crippen LogP contribution in [0.3, 0.4) is 0 Å². The zero-order chi connectivity index (χ0) is 16.9. The van der Waals surface area contributed by atoms with E-state index in [1.54, 1.807) is 6.92 Å². The van der Waals surface area contributed by atoms with E-state index in [1.807, 2.05) is 6.92 Å². The van der Waals surface area contributed by atoms with Crippen LogP contribution >= 0.6 is 0 Å². The molecule has 1 aromatic carbocycles. The molecule has 1 atom stereocenters. The highest BCUT2D eigenvalue weighted by atomic mass is 32.2. The summed E-state index contributed by atoms with van der Waals surface area (Å²) in [5.41, 5.74) is -0.00638. The number of sulfone groups is 1. The molecule has 0 aromatic heterocycles. The smallest absolute Gasteiger partial charge is 0.335 e.